The number of carboxylic acids is 1. The van der Waals surface area contributed by atoms with E-state index in [2.05, 4.69) is 22.0 Å². The number of aromatic nitrogens is 4. The molecule has 2 fully saturated rings. The molecule has 1 saturated heterocycles. The number of nitrogens with one attached hydrogen (secondary N) is 1. The molecule has 1 saturated carbocycles. The largest absolute Gasteiger partial charge is 0.482 e. The van der Waals surface area contributed by atoms with E-state index in [4.69, 9.17) is 14.7 Å². The maximum Gasteiger partial charge on any atom is 0.336 e. The van der Waals surface area contributed by atoms with Crippen molar-refractivity contribution in [3.63, 3.8) is 0 Å². The summed E-state index contributed by atoms with van der Waals surface area (Å²) in [6, 6.07) is 8.94. The van der Waals surface area contributed by atoms with Crippen LogP contribution in [0.15, 0.2) is 30.3 Å². The Hall–Kier alpha value is -4.08. The first-order valence-corrected chi connectivity index (χ1v) is 13.2. The van der Waals surface area contributed by atoms with Gasteiger partial charge < -0.3 is 24.6 Å². The molecule has 5 heterocycles. The second kappa shape index (κ2) is 9.34. The lowest BCUT2D eigenvalue weighted by Gasteiger charge is -2.20. The van der Waals surface area contributed by atoms with Crippen LogP contribution in [0.4, 0.5) is 4.79 Å². The monoisotopic (exact) mass is 516 g/mol. The molecule has 4 aromatic heterocycles. The topological polar surface area (TPSA) is 114 Å². The third-order valence-corrected chi connectivity index (χ3v) is 7.70. The third kappa shape index (κ3) is 4.23. The molecule has 1 atom stereocenters. The van der Waals surface area contributed by atoms with Crippen molar-refractivity contribution in [2.45, 2.75) is 52.1 Å². The molecule has 0 unspecified atom stereocenters. The lowest BCUT2D eigenvalue weighted by atomic mass is 10.2. The average Bonchev–Trinajstić information content (AvgIpc) is 3.28. The van der Waals surface area contributed by atoms with E-state index in [0.717, 1.165) is 66.3 Å². The maximum absolute atomic E-state index is 12.7. The number of methoxy groups -OCH3 is 1. The van der Waals surface area contributed by atoms with E-state index in [1.165, 1.54) is 26.0 Å². The summed E-state index contributed by atoms with van der Waals surface area (Å²) in [7, 11) is 1.53. The Balaban J connectivity index is 1.43. The fourth-order valence-electron chi connectivity index (χ4n) is 5.39. The number of likely N-dealkylation sites (tertiary alicyclic amines) is 1. The number of carbonyl (C=O) groups excluding carboxylic acids is 1. The molecule has 10 heteroatoms. The fourth-order valence-corrected chi connectivity index (χ4v) is 5.39. The Morgan fingerprint density at radius 3 is 2.61 bits per heavy atom. The maximum atomic E-state index is 12.7. The third-order valence-electron chi connectivity index (χ3n) is 7.70. The summed E-state index contributed by atoms with van der Waals surface area (Å²) < 4.78 is 9.60. The molecule has 0 bridgehead atoms. The molecule has 10 nitrogen and oxygen atoms in total. The number of imidazole rings is 1. The number of fused-ring (bicyclic) bond motifs is 2. The number of urea groups is 1. The highest BCUT2D eigenvalue weighted by Crippen LogP contribution is 2.37. The van der Waals surface area contributed by atoms with Gasteiger partial charge in [0.25, 0.3) is 0 Å². The van der Waals surface area contributed by atoms with Crippen molar-refractivity contribution in [1.82, 2.24) is 29.2 Å². The van der Waals surface area contributed by atoms with Crippen molar-refractivity contribution in [2.24, 2.45) is 5.92 Å². The van der Waals surface area contributed by atoms with E-state index in [9.17, 15) is 14.7 Å². The number of hydrogen-bond donors (Lipinski definition) is 2. The number of aryl methyl sites for hydroxylation is 1. The molecule has 0 radical (unpaired) electrons. The Morgan fingerprint density at radius 2 is 1.92 bits per heavy atom. The number of carbonyl (C=O) groups is 2. The highest BCUT2D eigenvalue weighted by Gasteiger charge is 2.27. The standard InChI is InChI=1S/C28H32N6O4/c1-16(29-28(37)32-10-4-5-11-32)21-9-8-19-12-22(33(26(19)30-21)15-18-6-7-18)25-17(2)34-23(31-25)13-20(27(35)36)14-24(34)38-3/h8-9,12-14,16,18H,4-7,10-11,15H2,1-3H3,(H,29,37)(H,35,36)/t16-/m1/s1. The molecule has 2 amide bonds. The van der Waals surface area contributed by atoms with Gasteiger partial charge in [-0.3, -0.25) is 4.40 Å². The first-order chi connectivity index (χ1) is 18.3. The average molecular weight is 517 g/mol. The molecule has 4 aromatic rings. The molecule has 6 rings (SSSR count). The second-order valence-electron chi connectivity index (χ2n) is 10.4. The number of pyridine rings is 2. The smallest absolute Gasteiger partial charge is 0.336 e. The number of carboxylic acid groups (broad SMARTS) is 1. The van der Waals surface area contributed by atoms with E-state index < -0.39 is 5.97 Å². The minimum atomic E-state index is -1.03. The van der Waals surface area contributed by atoms with E-state index in [0.29, 0.717) is 17.4 Å². The van der Waals surface area contributed by atoms with Crippen molar-refractivity contribution in [2.75, 3.05) is 20.2 Å². The van der Waals surface area contributed by atoms with E-state index in [1.807, 2.05) is 29.2 Å². The Labute approximate surface area is 220 Å². The van der Waals surface area contributed by atoms with Crippen molar-refractivity contribution < 1.29 is 19.4 Å². The van der Waals surface area contributed by atoms with Gasteiger partial charge in [-0.1, -0.05) is 0 Å². The number of rotatable bonds is 7. The zero-order chi connectivity index (χ0) is 26.6. The number of amides is 2. The van der Waals surface area contributed by atoms with Gasteiger partial charge in [-0.15, -0.1) is 0 Å². The van der Waals surface area contributed by atoms with Crippen molar-refractivity contribution in [1.29, 1.82) is 0 Å². The predicted molar refractivity (Wildman–Crippen MR) is 143 cm³/mol. The number of nitrogens with zero attached hydrogens (tertiary/aromatic N) is 5. The van der Waals surface area contributed by atoms with Gasteiger partial charge in [0.15, 0.2) is 5.88 Å². The lowest BCUT2D eigenvalue weighted by Crippen LogP contribution is -2.39. The quantitative estimate of drug-likeness (QED) is 0.370. The van der Waals surface area contributed by atoms with E-state index in [-0.39, 0.29) is 17.6 Å². The van der Waals surface area contributed by atoms with Gasteiger partial charge >= 0.3 is 12.0 Å². The highest BCUT2D eigenvalue weighted by atomic mass is 16.5. The van der Waals surface area contributed by atoms with Crippen molar-refractivity contribution in [3.05, 3.63) is 47.3 Å². The van der Waals surface area contributed by atoms with Crippen LogP contribution in [0.2, 0.25) is 0 Å². The molecular formula is C28H32N6O4. The van der Waals surface area contributed by atoms with Crippen molar-refractivity contribution in [3.8, 4) is 17.3 Å². The summed E-state index contributed by atoms with van der Waals surface area (Å²) in [6.07, 6.45) is 4.47. The number of hydrogen-bond acceptors (Lipinski definition) is 5. The summed E-state index contributed by atoms with van der Waals surface area (Å²) in [4.78, 5) is 36.1. The van der Waals surface area contributed by atoms with Crippen LogP contribution in [0.5, 0.6) is 5.88 Å². The molecule has 1 aliphatic heterocycles. The zero-order valence-corrected chi connectivity index (χ0v) is 21.9. The molecule has 0 aromatic carbocycles. The normalized spacial score (nSPS) is 16.3. The minimum Gasteiger partial charge on any atom is -0.482 e. The van der Waals surface area contributed by atoms with Crippen LogP contribution in [0.25, 0.3) is 28.1 Å². The molecular weight excluding hydrogens is 484 g/mol. The predicted octanol–water partition coefficient (Wildman–Crippen LogP) is 4.64. The zero-order valence-electron chi connectivity index (χ0n) is 21.9. The lowest BCUT2D eigenvalue weighted by molar-refractivity contribution is 0.0696. The van der Waals surface area contributed by atoms with Gasteiger partial charge in [-0.2, -0.15) is 0 Å². The summed E-state index contributed by atoms with van der Waals surface area (Å²) in [5.41, 5.74) is 4.88. The van der Waals surface area contributed by atoms with Gasteiger partial charge in [0.2, 0.25) is 0 Å². The van der Waals surface area contributed by atoms with E-state index >= 15 is 0 Å². The Morgan fingerprint density at radius 1 is 1.16 bits per heavy atom. The van der Waals surface area contributed by atoms with Gasteiger partial charge in [0, 0.05) is 31.1 Å². The number of ether oxygens (including phenoxy) is 1. The van der Waals surface area contributed by atoms with Crippen LogP contribution in [0.1, 0.15) is 60.4 Å². The van der Waals surface area contributed by atoms with Gasteiger partial charge in [-0.25, -0.2) is 19.6 Å². The SMILES string of the molecule is COc1cc(C(=O)O)cc2nc(-c3cc4ccc([C@@H](C)NC(=O)N5CCCC5)nc4n3CC3CC3)c(C)n12. The van der Waals surface area contributed by atoms with Crippen LogP contribution in [0.3, 0.4) is 0 Å². The molecule has 1 aliphatic carbocycles. The van der Waals surface area contributed by atoms with Crippen LogP contribution in [-0.4, -0.2) is 61.1 Å². The van der Waals surface area contributed by atoms with Crippen LogP contribution >= 0.6 is 0 Å². The van der Waals surface area contributed by atoms with Crippen LogP contribution in [-0.2, 0) is 6.54 Å². The van der Waals surface area contributed by atoms with E-state index in [1.54, 1.807) is 6.07 Å². The molecule has 2 aliphatic rings. The van der Waals surface area contributed by atoms with Gasteiger partial charge in [-0.05, 0) is 69.7 Å². The molecule has 198 valence electrons. The second-order valence-corrected chi connectivity index (χ2v) is 10.4. The molecule has 0 spiro atoms. The highest BCUT2D eigenvalue weighted by molar-refractivity contribution is 5.90. The van der Waals surface area contributed by atoms with Crippen LogP contribution < -0.4 is 10.1 Å². The summed E-state index contributed by atoms with van der Waals surface area (Å²) in [5.74, 6) is -0.0184. The minimum absolute atomic E-state index is 0.0408. The Kier molecular flexibility index (Phi) is 5.97. The van der Waals surface area contributed by atoms with Crippen molar-refractivity contribution >= 4 is 28.7 Å². The fraction of sp³-hybridized carbons (Fsp3) is 0.429. The van der Waals surface area contributed by atoms with Gasteiger partial charge in [0.05, 0.1) is 35.8 Å². The summed E-state index contributed by atoms with van der Waals surface area (Å²) in [6.45, 7) is 6.36. The summed E-state index contributed by atoms with van der Waals surface area (Å²) in [5, 5.41) is 13.7. The summed E-state index contributed by atoms with van der Waals surface area (Å²) >= 11 is 0. The Bertz CT molecular complexity index is 1560. The number of aromatic carboxylic acids is 1. The van der Waals surface area contributed by atoms with Crippen LogP contribution in [0, 0.1) is 12.8 Å². The first-order valence-electron chi connectivity index (χ1n) is 13.2. The molecule has 2 N–H and O–H groups in total. The first kappa shape index (κ1) is 24.3. The van der Waals surface area contributed by atoms with Gasteiger partial charge in [0.1, 0.15) is 17.0 Å². The molecule has 38 heavy (non-hydrogen) atoms.